The van der Waals surface area contributed by atoms with Gasteiger partial charge in [-0.15, -0.1) is 0 Å². The van der Waals surface area contributed by atoms with Crippen LogP contribution in [0.5, 0.6) is 0 Å². The Morgan fingerprint density at radius 1 is 1.19 bits per heavy atom. The molecule has 21 heavy (non-hydrogen) atoms. The molecule has 1 aliphatic heterocycles. The number of carbonyl (C=O) groups is 1. The molecule has 116 valence electrons. The molecule has 0 amide bonds. The molecular formula is C18H28N2O. The van der Waals surface area contributed by atoms with Gasteiger partial charge in [0.25, 0.3) is 0 Å². The zero-order valence-electron chi connectivity index (χ0n) is 13.9. The Hall–Kier alpha value is -1.19. The molecule has 1 aliphatic rings. The van der Waals surface area contributed by atoms with Crippen LogP contribution in [0.15, 0.2) is 18.2 Å². The fraction of sp³-hybridized carbons (Fsp3) is 0.611. The highest BCUT2D eigenvalue weighted by atomic mass is 16.1. The quantitative estimate of drug-likeness (QED) is 0.796. The Kier molecular flexibility index (Phi) is 5.54. The molecule has 1 atom stereocenters. The van der Waals surface area contributed by atoms with E-state index in [0.717, 1.165) is 31.7 Å². The number of benzene rings is 1. The smallest absolute Gasteiger partial charge is 0.164 e. The SMILES string of the molecule is Cc1cc(C)cc(C(=O)CCN2CCCN(C)CC2C)c1. The van der Waals surface area contributed by atoms with Gasteiger partial charge >= 0.3 is 0 Å². The van der Waals surface area contributed by atoms with E-state index < -0.39 is 0 Å². The second-order valence-corrected chi connectivity index (χ2v) is 6.55. The van der Waals surface area contributed by atoms with Crippen LogP contribution in [0.3, 0.4) is 0 Å². The van der Waals surface area contributed by atoms with Gasteiger partial charge in [-0.2, -0.15) is 0 Å². The van der Waals surface area contributed by atoms with Crippen LogP contribution in [0.2, 0.25) is 0 Å². The number of nitrogens with zero attached hydrogens (tertiary/aromatic N) is 2. The molecule has 1 heterocycles. The van der Waals surface area contributed by atoms with Gasteiger partial charge in [-0.05, 0) is 59.5 Å². The van der Waals surface area contributed by atoms with E-state index in [2.05, 4.69) is 43.7 Å². The summed E-state index contributed by atoms with van der Waals surface area (Å²) in [7, 11) is 2.18. The molecule has 1 unspecified atom stereocenters. The van der Waals surface area contributed by atoms with Gasteiger partial charge in [0.1, 0.15) is 0 Å². The Morgan fingerprint density at radius 2 is 1.86 bits per heavy atom. The fourth-order valence-corrected chi connectivity index (χ4v) is 3.28. The van der Waals surface area contributed by atoms with Crippen molar-refractivity contribution < 1.29 is 4.79 Å². The highest BCUT2D eigenvalue weighted by Gasteiger charge is 2.20. The summed E-state index contributed by atoms with van der Waals surface area (Å²) in [6.07, 6.45) is 1.82. The van der Waals surface area contributed by atoms with Crippen molar-refractivity contribution in [3.05, 3.63) is 34.9 Å². The molecule has 3 nitrogen and oxygen atoms in total. The first-order valence-corrected chi connectivity index (χ1v) is 8.00. The van der Waals surface area contributed by atoms with E-state index in [4.69, 9.17) is 0 Å². The topological polar surface area (TPSA) is 23.6 Å². The predicted molar refractivity (Wildman–Crippen MR) is 88.0 cm³/mol. The third kappa shape index (κ3) is 4.65. The third-order valence-electron chi connectivity index (χ3n) is 4.35. The lowest BCUT2D eigenvalue weighted by Gasteiger charge is -2.27. The number of carbonyl (C=O) groups excluding carboxylic acids is 1. The van der Waals surface area contributed by atoms with Crippen LogP contribution >= 0.6 is 0 Å². The maximum absolute atomic E-state index is 12.4. The van der Waals surface area contributed by atoms with Crippen LogP contribution in [0.4, 0.5) is 0 Å². The first kappa shape index (κ1) is 16.2. The molecule has 1 fully saturated rings. The summed E-state index contributed by atoms with van der Waals surface area (Å²) in [5.74, 6) is 0.270. The molecule has 2 rings (SSSR count). The second kappa shape index (κ2) is 7.19. The second-order valence-electron chi connectivity index (χ2n) is 6.55. The predicted octanol–water partition coefficient (Wildman–Crippen LogP) is 2.90. The Bertz CT molecular complexity index is 478. The molecule has 1 saturated heterocycles. The molecule has 0 aromatic heterocycles. The number of Topliss-reactive ketones (excluding diaryl/α,β-unsaturated/α-hetero) is 1. The third-order valence-corrected chi connectivity index (χ3v) is 4.35. The lowest BCUT2D eigenvalue weighted by molar-refractivity contribution is 0.0953. The van der Waals surface area contributed by atoms with Crippen LogP contribution in [-0.4, -0.2) is 54.9 Å². The minimum Gasteiger partial charge on any atom is -0.305 e. The van der Waals surface area contributed by atoms with Crippen LogP contribution in [0, 0.1) is 13.8 Å². The summed E-state index contributed by atoms with van der Waals surface area (Å²) in [5, 5.41) is 0. The van der Waals surface area contributed by atoms with Crippen LogP contribution in [0.1, 0.15) is 41.3 Å². The fourth-order valence-electron chi connectivity index (χ4n) is 3.28. The maximum atomic E-state index is 12.4. The van der Waals surface area contributed by atoms with Gasteiger partial charge in [0, 0.05) is 31.1 Å². The van der Waals surface area contributed by atoms with E-state index in [1.807, 2.05) is 12.1 Å². The van der Waals surface area contributed by atoms with Gasteiger partial charge in [-0.3, -0.25) is 9.69 Å². The van der Waals surface area contributed by atoms with Crippen molar-refractivity contribution in [2.24, 2.45) is 0 Å². The van der Waals surface area contributed by atoms with Crippen molar-refractivity contribution in [1.82, 2.24) is 9.80 Å². The van der Waals surface area contributed by atoms with Gasteiger partial charge in [0.2, 0.25) is 0 Å². The minimum atomic E-state index is 0.270. The normalized spacial score (nSPS) is 21.2. The van der Waals surface area contributed by atoms with Gasteiger partial charge in [-0.1, -0.05) is 17.2 Å². The highest BCUT2D eigenvalue weighted by Crippen LogP contribution is 2.13. The van der Waals surface area contributed by atoms with Crippen molar-refractivity contribution in [3.63, 3.8) is 0 Å². The minimum absolute atomic E-state index is 0.270. The molecular weight excluding hydrogens is 260 g/mol. The largest absolute Gasteiger partial charge is 0.305 e. The summed E-state index contributed by atoms with van der Waals surface area (Å²) in [4.78, 5) is 17.3. The Balaban J connectivity index is 1.94. The van der Waals surface area contributed by atoms with E-state index in [1.54, 1.807) is 0 Å². The summed E-state index contributed by atoms with van der Waals surface area (Å²) in [5.41, 5.74) is 3.21. The summed E-state index contributed by atoms with van der Waals surface area (Å²) in [6, 6.07) is 6.66. The summed E-state index contributed by atoms with van der Waals surface area (Å²) in [6.45, 7) is 10.6. The molecule has 0 saturated carbocycles. The molecule has 0 bridgehead atoms. The van der Waals surface area contributed by atoms with Crippen molar-refractivity contribution >= 4 is 5.78 Å². The highest BCUT2D eigenvalue weighted by molar-refractivity contribution is 5.96. The average Bonchev–Trinajstić information content (AvgIpc) is 2.55. The lowest BCUT2D eigenvalue weighted by atomic mass is 10.0. The van der Waals surface area contributed by atoms with Crippen molar-refractivity contribution in [2.45, 2.75) is 39.7 Å². The number of likely N-dealkylation sites (N-methyl/N-ethyl adjacent to an activating group) is 1. The van der Waals surface area contributed by atoms with Crippen molar-refractivity contribution in [3.8, 4) is 0 Å². The average molecular weight is 288 g/mol. The van der Waals surface area contributed by atoms with Crippen LogP contribution in [0.25, 0.3) is 0 Å². The van der Waals surface area contributed by atoms with Crippen molar-refractivity contribution in [2.75, 3.05) is 33.2 Å². The van der Waals surface area contributed by atoms with E-state index in [-0.39, 0.29) is 5.78 Å². The number of aryl methyl sites for hydroxylation is 2. The molecule has 3 heteroatoms. The number of hydrogen-bond acceptors (Lipinski definition) is 3. The molecule has 0 radical (unpaired) electrons. The maximum Gasteiger partial charge on any atom is 0.164 e. The number of rotatable bonds is 4. The van der Waals surface area contributed by atoms with Crippen LogP contribution in [-0.2, 0) is 0 Å². The van der Waals surface area contributed by atoms with E-state index in [9.17, 15) is 4.79 Å². The first-order valence-electron chi connectivity index (χ1n) is 8.00. The van der Waals surface area contributed by atoms with Gasteiger partial charge in [0.05, 0.1) is 0 Å². The molecule has 1 aromatic carbocycles. The molecule has 0 aliphatic carbocycles. The zero-order valence-corrected chi connectivity index (χ0v) is 13.9. The van der Waals surface area contributed by atoms with E-state index in [0.29, 0.717) is 12.5 Å². The van der Waals surface area contributed by atoms with E-state index >= 15 is 0 Å². The summed E-state index contributed by atoms with van der Waals surface area (Å²) < 4.78 is 0. The number of hydrogen-bond donors (Lipinski definition) is 0. The molecule has 0 spiro atoms. The van der Waals surface area contributed by atoms with E-state index in [1.165, 1.54) is 17.5 Å². The van der Waals surface area contributed by atoms with Gasteiger partial charge < -0.3 is 4.90 Å². The van der Waals surface area contributed by atoms with Crippen molar-refractivity contribution in [1.29, 1.82) is 0 Å². The summed E-state index contributed by atoms with van der Waals surface area (Å²) >= 11 is 0. The zero-order chi connectivity index (χ0) is 15.4. The van der Waals surface area contributed by atoms with Crippen LogP contribution < -0.4 is 0 Å². The Labute approximate surface area is 128 Å². The lowest BCUT2D eigenvalue weighted by Crippen LogP contribution is -2.39. The standard InChI is InChI=1S/C18H28N2O/c1-14-10-15(2)12-17(11-14)18(21)6-9-20-8-5-7-19(4)13-16(20)3/h10-12,16H,5-9,13H2,1-4H3. The Morgan fingerprint density at radius 3 is 2.52 bits per heavy atom. The number of ketones is 1. The van der Waals surface area contributed by atoms with Gasteiger partial charge in [-0.25, -0.2) is 0 Å². The monoisotopic (exact) mass is 288 g/mol. The molecule has 1 aromatic rings. The molecule has 0 N–H and O–H groups in total. The first-order chi connectivity index (χ1) is 9.95. The van der Waals surface area contributed by atoms with Gasteiger partial charge in [0.15, 0.2) is 5.78 Å².